The van der Waals surface area contributed by atoms with Crippen LogP contribution in [0, 0.1) is 5.82 Å². The van der Waals surface area contributed by atoms with E-state index in [0.29, 0.717) is 17.6 Å². The van der Waals surface area contributed by atoms with Crippen molar-refractivity contribution < 1.29 is 4.39 Å². The van der Waals surface area contributed by atoms with E-state index >= 15 is 0 Å². The number of H-pyrrole nitrogens is 1. The molecule has 0 unspecified atom stereocenters. The lowest BCUT2D eigenvalue weighted by atomic mass is 10.6. The Morgan fingerprint density at radius 1 is 1.50 bits per heavy atom. The van der Waals surface area contributed by atoms with Crippen LogP contribution in [0.25, 0.3) is 0 Å². The molecule has 7 heteroatoms. The van der Waals surface area contributed by atoms with Crippen molar-refractivity contribution in [1.82, 2.24) is 19.9 Å². The standard InChI is InChI=1S/C9H10FN5S/c1-2-11-8-14-5-6(10)7(15-8)16-9-12-3-4-13-9/h3-5H,2H2,1H3,(H,12,13)(H,11,14,15). The van der Waals surface area contributed by atoms with E-state index in [1.165, 1.54) is 0 Å². The lowest BCUT2D eigenvalue weighted by molar-refractivity contribution is 0.579. The first-order valence-corrected chi connectivity index (χ1v) is 5.55. The van der Waals surface area contributed by atoms with Crippen LogP contribution in [0.3, 0.4) is 0 Å². The Morgan fingerprint density at radius 2 is 2.38 bits per heavy atom. The summed E-state index contributed by atoms with van der Waals surface area (Å²) < 4.78 is 13.4. The van der Waals surface area contributed by atoms with E-state index in [1.54, 1.807) is 12.4 Å². The van der Waals surface area contributed by atoms with Gasteiger partial charge in [-0.15, -0.1) is 0 Å². The molecular weight excluding hydrogens is 229 g/mol. The average molecular weight is 239 g/mol. The van der Waals surface area contributed by atoms with Crippen molar-refractivity contribution in [3.63, 3.8) is 0 Å². The summed E-state index contributed by atoms with van der Waals surface area (Å²) in [6, 6.07) is 0. The molecule has 0 radical (unpaired) electrons. The second-order valence-electron chi connectivity index (χ2n) is 2.87. The Bertz CT molecular complexity index is 459. The fraction of sp³-hybridized carbons (Fsp3) is 0.222. The van der Waals surface area contributed by atoms with Crippen LogP contribution in [-0.2, 0) is 0 Å². The van der Waals surface area contributed by atoms with Gasteiger partial charge < -0.3 is 10.3 Å². The highest BCUT2D eigenvalue weighted by Gasteiger charge is 2.09. The summed E-state index contributed by atoms with van der Waals surface area (Å²) >= 11 is 1.13. The van der Waals surface area contributed by atoms with E-state index in [4.69, 9.17) is 0 Å². The summed E-state index contributed by atoms with van der Waals surface area (Å²) in [5, 5.41) is 3.77. The van der Waals surface area contributed by atoms with Crippen molar-refractivity contribution in [2.24, 2.45) is 0 Å². The monoisotopic (exact) mass is 239 g/mol. The van der Waals surface area contributed by atoms with E-state index in [1.807, 2.05) is 6.92 Å². The van der Waals surface area contributed by atoms with Crippen LogP contribution >= 0.6 is 11.8 Å². The third-order valence-corrected chi connectivity index (χ3v) is 2.61. The first-order chi connectivity index (χ1) is 7.79. The first kappa shape index (κ1) is 10.9. The molecule has 84 valence electrons. The molecule has 0 amide bonds. The molecule has 0 aliphatic heterocycles. The quantitative estimate of drug-likeness (QED) is 0.798. The van der Waals surface area contributed by atoms with Gasteiger partial charge in [0.2, 0.25) is 5.95 Å². The Kier molecular flexibility index (Phi) is 3.35. The highest BCUT2D eigenvalue weighted by atomic mass is 32.2. The van der Waals surface area contributed by atoms with Gasteiger partial charge in [0.1, 0.15) is 5.03 Å². The van der Waals surface area contributed by atoms with Gasteiger partial charge in [-0.1, -0.05) is 0 Å². The van der Waals surface area contributed by atoms with Crippen LogP contribution in [0.2, 0.25) is 0 Å². The first-order valence-electron chi connectivity index (χ1n) is 4.73. The third kappa shape index (κ3) is 2.48. The predicted molar refractivity (Wildman–Crippen MR) is 58.9 cm³/mol. The topological polar surface area (TPSA) is 66.5 Å². The number of hydrogen-bond donors (Lipinski definition) is 2. The second-order valence-corrected chi connectivity index (χ2v) is 3.85. The molecule has 2 rings (SSSR count). The summed E-state index contributed by atoms with van der Waals surface area (Å²) in [6.07, 6.45) is 4.43. The molecule has 0 atom stereocenters. The second kappa shape index (κ2) is 4.93. The van der Waals surface area contributed by atoms with Gasteiger partial charge >= 0.3 is 0 Å². The number of nitrogens with zero attached hydrogens (tertiary/aromatic N) is 3. The van der Waals surface area contributed by atoms with Crippen LogP contribution < -0.4 is 5.32 Å². The van der Waals surface area contributed by atoms with Crippen LogP contribution in [0.4, 0.5) is 10.3 Å². The summed E-state index contributed by atoms with van der Waals surface area (Å²) in [7, 11) is 0. The van der Waals surface area contributed by atoms with Gasteiger partial charge in [0, 0.05) is 18.9 Å². The number of nitrogens with one attached hydrogen (secondary N) is 2. The molecule has 2 aromatic rings. The molecule has 0 bridgehead atoms. The van der Waals surface area contributed by atoms with Crippen LogP contribution in [0.1, 0.15) is 6.92 Å². The smallest absolute Gasteiger partial charge is 0.223 e. The minimum Gasteiger partial charge on any atom is -0.354 e. The Balaban J connectivity index is 2.21. The maximum atomic E-state index is 13.4. The highest BCUT2D eigenvalue weighted by Crippen LogP contribution is 2.25. The number of rotatable bonds is 4. The fourth-order valence-electron chi connectivity index (χ4n) is 1.06. The van der Waals surface area contributed by atoms with Crippen LogP contribution in [0.5, 0.6) is 0 Å². The molecule has 5 nitrogen and oxygen atoms in total. The van der Waals surface area contributed by atoms with E-state index in [9.17, 15) is 4.39 Å². The molecule has 0 aromatic carbocycles. The average Bonchev–Trinajstić information content (AvgIpc) is 2.76. The molecule has 2 aromatic heterocycles. The lowest BCUT2D eigenvalue weighted by Gasteiger charge is -2.03. The number of aromatic nitrogens is 4. The van der Waals surface area contributed by atoms with Gasteiger partial charge in [-0.25, -0.2) is 19.3 Å². The Labute approximate surface area is 95.9 Å². The summed E-state index contributed by atoms with van der Waals surface area (Å²) in [5.41, 5.74) is 0. The molecule has 0 saturated heterocycles. The maximum Gasteiger partial charge on any atom is 0.223 e. The van der Waals surface area contributed by atoms with E-state index in [-0.39, 0.29) is 5.03 Å². The van der Waals surface area contributed by atoms with Crippen molar-refractivity contribution >= 4 is 17.7 Å². The largest absolute Gasteiger partial charge is 0.354 e. The van der Waals surface area contributed by atoms with Gasteiger partial charge in [-0.05, 0) is 18.7 Å². The van der Waals surface area contributed by atoms with Gasteiger partial charge in [0.25, 0.3) is 0 Å². The third-order valence-electron chi connectivity index (χ3n) is 1.71. The Hall–Kier alpha value is -1.63. The fourth-order valence-corrected chi connectivity index (χ4v) is 1.77. The van der Waals surface area contributed by atoms with Gasteiger partial charge in [-0.3, -0.25) is 0 Å². The van der Waals surface area contributed by atoms with Crippen LogP contribution in [-0.4, -0.2) is 26.5 Å². The molecule has 0 aliphatic carbocycles. The number of halogens is 1. The number of anilines is 1. The summed E-state index contributed by atoms with van der Waals surface area (Å²) in [4.78, 5) is 14.7. The molecule has 0 saturated carbocycles. The van der Waals surface area contributed by atoms with Crippen molar-refractivity contribution in [3.05, 3.63) is 24.4 Å². The van der Waals surface area contributed by atoms with Gasteiger partial charge in [-0.2, -0.15) is 0 Å². The van der Waals surface area contributed by atoms with Crippen molar-refractivity contribution in [1.29, 1.82) is 0 Å². The van der Waals surface area contributed by atoms with Crippen molar-refractivity contribution in [3.8, 4) is 0 Å². The van der Waals surface area contributed by atoms with Gasteiger partial charge in [0.15, 0.2) is 11.0 Å². The zero-order valence-corrected chi connectivity index (χ0v) is 9.38. The number of imidazole rings is 1. The number of aromatic amines is 1. The molecule has 16 heavy (non-hydrogen) atoms. The molecule has 0 spiro atoms. The van der Waals surface area contributed by atoms with E-state index in [2.05, 4.69) is 25.3 Å². The molecule has 2 N–H and O–H groups in total. The minimum absolute atomic E-state index is 0.251. The molecule has 0 fully saturated rings. The minimum atomic E-state index is -0.456. The normalized spacial score (nSPS) is 10.4. The predicted octanol–water partition coefficient (Wildman–Crippen LogP) is 1.92. The lowest BCUT2D eigenvalue weighted by Crippen LogP contribution is -2.03. The van der Waals surface area contributed by atoms with Crippen molar-refractivity contribution in [2.45, 2.75) is 17.1 Å². The van der Waals surface area contributed by atoms with Gasteiger partial charge in [0.05, 0.1) is 6.20 Å². The highest BCUT2D eigenvalue weighted by molar-refractivity contribution is 7.99. The zero-order chi connectivity index (χ0) is 11.4. The zero-order valence-electron chi connectivity index (χ0n) is 8.57. The molecule has 2 heterocycles. The SMILES string of the molecule is CCNc1ncc(F)c(Sc2ncc[nH]2)n1. The van der Waals surface area contributed by atoms with E-state index in [0.717, 1.165) is 18.0 Å². The maximum absolute atomic E-state index is 13.4. The van der Waals surface area contributed by atoms with Crippen molar-refractivity contribution in [2.75, 3.05) is 11.9 Å². The summed E-state index contributed by atoms with van der Waals surface area (Å²) in [5.74, 6) is -0.0407. The molecule has 0 aliphatic rings. The van der Waals surface area contributed by atoms with E-state index < -0.39 is 5.82 Å². The Morgan fingerprint density at radius 3 is 3.06 bits per heavy atom. The summed E-state index contributed by atoms with van der Waals surface area (Å²) in [6.45, 7) is 2.61. The van der Waals surface area contributed by atoms with Crippen LogP contribution in [0.15, 0.2) is 28.8 Å². The molecular formula is C9H10FN5S. The number of hydrogen-bond acceptors (Lipinski definition) is 5.